The molecule has 0 bridgehead atoms. The highest BCUT2D eigenvalue weighted by Crippen LogP contribution is 2.20. The molecule has 1 unspecified atom stereocenters. The van der Waals surface area contributed by atoms with E-state index in [9.17, 15) is 4.79 Å². The summed E-state index contributed by atoms with van der Waals surface area (Å²) in [5.74, 6) is 0.0612. The molecule has 100 valence electrons. The maximum atomic E-state index is 11.7. The topological polar surface area (TPSA) is 55.1 Å². The van der Waals surface area contributed by atoms with Crippen molar-refractivity contribution in [1.82, 2.24) is 5.32 Å². The minimum atomic E-state index is 0.0230. The van der Waals surface area contributed by atoms with Crippen molar-refractivity contribution in [1.29, 1.82) is 0 Å². The summed E-state index contributed by atoms with van der Waals surface area (Å²) in [6, 6.07) is 14.5. The number of amides is 1. The number of carbonyl (C=O) groups is 1. The lowest BCUT2D eigenvalue weighted by Crippen LogP contribution is -2.26. The van der Waals surface area contributed by atoms with E-state index in [1.165, 1.54) is 10.8 Å². The fourth-order valence-electron chi connectivity index (χ4n) is 2.14. The van der Waals surface area contributed by atoms with Crippen molar-refractivity contribution in [2.24, 2.45) is 5.73 Å². The number of nitrogens with two attached hydrogens (primary N) is 1. The highest BCUT2D eigenvalue weighted by Gasteiger charge is 2.09. The minimum absolute atomic E-state index is 0.0230. The lowest BCUT2D eigenvalue weighted by Gasteiger charge is -2.15. The van der Waals surface area contributed by atoms with Gasteiger partial charge in [-0.05, 0) is 42.3 Å². The van der Waals surface area contributed by atoms with Crippen LogP contribution in [0.4, 0.5) is 0 Å². The van der Waals surface area contributed by atoms with E-state index in [1.54, 1.807) is 0 Å². The number of hydrogen-bond acceptors (Lipinski definition) is 2. The Morgan fingerprint density at radius 2 is 1.95 bits per heavy atom. The Hall–Kier alpha value is -1.87. The van der Waals surface area contributed by atoms with Crippen LogP contribution in [0, 0.1) is 0 Å². The Bertz CT molecular complexity index is 565. The molecule has 3 N–H and O–H groups in total. The van der Waals surface area contributed by atoms with E-state index in [4.69, 9.17) is 5.73 Å². The molecule has 0 heterocycles. The summed E-state index contributed by atoms with van der Waals surface area (Å²) in [5, 5.41) is 5.41. The molecule has 3 nitrogen and oxygen atoms in total. The van der Waals surface area contributed by atoms with Gasteiger partial charge in [0, 0.05) is 6.42 Å². The Kier molecular flexibility index (Phi) is 4.53. The van der Waals surface area contributed by atoms with Crippen molar-refractivity contribution in [3.05, 3.63) is 48.0 Å². The Labute approximate surface area is 113 Å². The average Bonchev–Trinajstić information content (AvgIpc) is 2.44. The first-order valence-electron chi connectivity index (χ1n) is 6.69. The molecular weight excluding hydrogens is 236 g/mol. The van der Waals surface area contributed by atoms with Gasteiger partial charge in [-0.25, -0.2) is 0 Å². The Balaban J connectivity index is 2.08. The van der Waals surface area contributed by atoms with Gasteiger partial charge in [0.25, 0.3) is 0 Å². The van der Waals surface area contributed by atoms with E-state index < -0.39 is 0 Å². The number of rotatable bonds is 5. The maximum absolute atomic E-state index is 11.7. The van der Waals surface area contributed by atoms with Gasteiger partial charge in [-0.3, -0.25) is 4.79 Å². The molecule has 2 rings (SSSR count). The van der Waals surface area contributed by atoms with Gasteiger partial charge in [0.15, 0.2) is 0 Å². The van der Waals surface area contributed by atoms with Crippen molar-refractivity contribution in [2.75, 3.05) is 6.54 Å². The largest absolute Gasteiger partial charge is 0.350 e. The number of benzene rings is 2. The lowest BCUT2D eigenvalue weighted by atomic mass is 10.0. The van der Waals surface area contributed by atoms with Gasteiger partial charge in [0.05, 0.1) is 6.04 Å². The fourth-order valence-corrected chi connectivity index (χ4v) is 2.14. The average molecular weight is 256 g/mol. The van der Waals surface area contributed by atoms with Crippen molar-refractivity contribution in [3.63, 3.8) is 0 Å². The van der Waals surface area contributed by atoms with Crippen LogP contribution < -0.4 is 11.1 Å². The SMILES string of the molecule is CC(NC(=O)CCCN)c1ccc2ccccc2c1. The molecule has 0 saturated carbocycles. The lowest BCUT2D eigenvalue weighted by molar-refractivity contribution is -0.121. The smallest absolute Gasteiger partial charge is 0.220 e. The number of fused-ring (bicyclic) bond motifs is 1. The van der Waals surface area contributed by atoms with Crippen molar-refractivity contribution in [2.45, 2.75) is 25.8 Å². The Morgan fingerprint density at radius 1 is 1.21 bits per heavy atom. The normalized spacial score (nSPS) is 12.3. The minimum Gasteiger partial charge on any atom is -0.350 e. The van der Waals surface area contributed by atoms with Crippen LogP contribution in [0.2, 0.25) is 0 Å². The van der Waals surface area contributed by atoms with Crippen LogP contribution in [0.5, 0.6) is 0 Å². The van der Waals surface area contributed by atoms with E-state index in [1.807, 2.05) is 19.1 Å². The van der Waals surface area contributed by atoms with Crippen LogP contribution in [-0.2, 0) is 4.79 Å². The third-order valence-electron chi connectivity index (χ3n) is 3.26. The predicted molar refractivity (Wildman–Crippen MR) is 78.8 cm³/mol. The van der Waals surface area contributed by atoms with Crippen LogP contribution in [0.3, 0.4) is 0 Å². The number of nitrogens with one attached hydrogen (secondary N) is 1. The number of hydrogen-bond donors (Lipinski definition) is 2. The van der Waals surface area contributed by atoms with Gasteiger partial charge >= 0.3 is 0 Å². The standard InChI is InChI=1S/C16H20N2O/c1-12(18-16(19)7-4-10-17)14-9-8-13-5-2-3-6-15(13)11-14/h2-3,5-6,8-9,11-12H,4,7,10,17H2,1H3,(H,18,19). The van der Waals surface area contributed by atoms with Crippen LogP contribution >= 0.6 is 0 Å². The third-order valence-corrected chi connectivity index (χ3v) is 3.26. The molecule has 0 aromatic heterocycles. The van der Waals surface area contributed by atoms with E-state index in [2.05, 4.69) is 35.6 Å². The van der Waals surface area contributed by atoms with Crippen LogP contribution in [0.15, 0.2) is 42.5 Å². The van der Waals surface area contributed by atoms with Gasteiger partial charge in [-0.1, -0.05) is 36.4 Å². The van der Waals surface area contributed by atoms with Gasteiger partial charge in [0.2, 0.25) is 5.91 Å². The molecular formula is C16H20N2O. The molecule has 0 aliphatic rings. The van der Waals surface area contributed by atoms with Crippen molar-refractivity contribution < 1.29 is 4.79 Å². The molecule has 2 aromatic carbocycles. The predicted octanol–water partition coefficient (Wildman–Crippen LogP) is 2.76. The van der Waals surface area contributed by atoms with Crippen LogP contribution in [-0.4, -0.2) is 12.5 Å². The summed E-state index contributed by atoms with van der Waals surface area (Å²) in [4.78, 5) is 11.7. The molecule has 1 atom stereocenters. The van der Waals surface area contributed by atoms with Gasteiger partial charge in [0.1, 0.15) is 0 Å². The maximum Gasteiger partial charge on any atom is 0.220 e. The van der Waals surface area contributed by atoms with Crippen molar-refractivity contribution in [3.8, 4) is 0 Å². The van der Waals surface area contributed by atoms with Gasteiger partial charge in [-0.15, -0.1) is 0 Å². The summed E-state index contributed by atoms with van der Waals surface area (Å²) in [6.45, 7) is 2.56. The molecule has 0 aliphatic carbocycles. The monoisotopic (exact) mass is 256 g/mol. The van der Waals surface area contributed by atoms with Crippen LogP contribution in [0.25, 0.3) is 10.8 Å². The van der Waals surface area contributed by atoms with Crippen LogP contribution in [0.1, 0.15) is 31.4 Å². The quantitative estimate of drug-likeness (QED) is 0.864. The first-order chi connectivity index (χ1) is 9.20. The highest BCUT2D eigenvalue weighted by molar-refractivity contribution is 5.83. The third kappa shape index (κ3) is 3.55. The second kappa shape index (κ2) is 6.34. The summed E-state index contributed by atoms with van der Waals surface area (Å²) < 4.78 is 0. The Morgan fingerprint density at radius 3 is 2.68 bits per heavy atom. The van der Waals surface area contributed by atoms with E-state index in [0.717, 1.165) is 12.0 Å². The molecule has 19 heavy (non-hydrogen) atoms. The zero-order chi connectivity index (χ0) is 13.7. The zero-order valence-corrected chi connectivity index (χ0v) is 11.2. The van der Waals surface area contributed by atoms with E-state index in [0.29, 0.717) is 13.0 Å². The number of carbonyl (C=O) groups excluding carboxylic acids is 1. The van der Waals surface area contributed by atoms with Gasteiger partial charge in [-0.2, -0.15) is 0 Å². The zero-order valence-electron chi connectivity index (χ0n) is 11.2. The fraction of sp³-hybridized carbons (Fsp3) is 0.312. The summed E-state index contributed by atoms with van der Waals surface area (Å²) in [5.41, 5.74) is 6.53. The molecule has 2 aromatic rings. The molecule has 0 fully saturated rings. The molecule has 3 heteroatoms. The summed E-state index contributed by atoms with van der Waals surface area (Å²) in [7, 11) is 0. The molecule has 0 aliphatic heterocycles. The van der Waals surface area contributed by atoms with Crippen molar-refractivity contribution >= 4 is 16.7 Å². The molecule has 0 spiro atoms. The highest BCUT2D eigenvalue weighted by atomic mass is 16.1. The summed E-state index contributed by atoms with van der Waals surface area (Å²) >= 11 is 0. The first kappa shape index (κ1) is 13.6. The van der Waals surface area contributed by atoms with Gasteiger partial charge < -0.3 is 11.1 Å². The molecule has 1 amide bonds. The van der Waals surface area contributed by atoms with E-state index >= 15 is 0 Å². The second-order valence-electron chi connectivity index (χ2n) is 4.79. The van der Waals surface area contributed by atoms with E-state index in [-0.39, 0.29) is 11.9 Å². The molecule has 0 radical (unpaired) electrons. The second-order valence-corrected chi connectivity index (χ2v) is 4.79. The molecule has 0 saturated heterocycles. The first-order valence-corrected chi connectivity index (χ1v) is 6.69. The summed E-state index contributed by atoms with van der Waals surface area (Å²) in [6.07, 6.45) is 1.23.